The highest BCUT2D eigenvalue weighted by molar-refractivity contribution is 5.76. The zero-order chi connectivity index (χ0) is 13.7. The topological polar surface area (TPSA) is 72.4 Å². The molecule has 1 atom stereocenters. The molecule has 1 amide bonds. The number of amides is 1. The van der Waals surface area contributed by atoms with Gasteiger partial charge in [-0.3, -0.25) is 4.79 Å². The molecule has 0 aromatic carbocycles. The fraction of sp³-hybridized carbons (Fsp3) is 0.692. The zero-order valence-corrected chi connectivity index (χ0v) is 11.7. The Kier molecular flexibility index (Phi) is 5.34. The smallest absolute Gasteiger partial charge is 0.222 e. The predicted octanol–water partition coefficient (Wildman–Crippen LogP) is 1.62. The summed E-state index contributed by atoms with van der Waals surface area (Å²) in [5, 5.41) is 3.89. The molecule has 0 saturated carbocycles. The summed E-state index contributed by atoms with van der Waals surface area (Å²) < 4.78 is 5.09. The second-order valence-electron chi connectivity index (χ2n) is 4.77. The van der Waals surface area contributed by atoms with Gasteiger partial charge in [0.1, 0.15) is 5.76 Å². The van der Waals surface area contributed by atoms with E-state index >= 15 is 0 Å². The first-order valence-corrected chi connectivity index (χ1v) is 6.35. The fourth-order valence-corrected chi connectivity index (χ4v) is 1.85. The van der Waals surface area contributed by atoms with Crippen LogP contribution in [0.1, 0.15) is 36.8 Å². The molecule has 1 aromatic heterocycles. The Morgan fingerprint density at radius 2 is 2.17 bits per heavy atom. The lowest BCUT2D eigenvalue weighted by Gasteiger charge is -2.20. The molecular weight excluding hydrogens is 230 g/mol. The second-order valence-corrected chi connectivity index (χ2v) is 4.77. The van der Waals surface area contributed by atoms with E-state index in [0.717, 1.165) is 23.4 Å². The minimum absolute atomic E-state index is 0.118. The fourth-order valence-electron chi connectivity index (χ4n) is 1.85. The standard InChI is InChI=1S/C13H23N3O2/c1-5-11(7-14)6-13(17)16(4)8-12-9(2)15-18-10(12)3/h11H,5-8,14H2,1-4H3. The van der Waals surface area contributed by atoms with Gasteiger partial charge < -0.3 is 15.2 Å². The highest BCUT2D eigenvalue weighted by atomic mass is 16.5. The lowest BCUT2D eigenvalue weighted by atomic mass is 10.0. The maximum atomic E-state index is 12.0. The summed E-state index contributed by atoms with van der Waals surface area (Å²) >= 11 is 0. The minimum atomic E-state index is 0.118. The van der Waals surface area contributed by atoms with Crippen molar-refractivity contribution in [1.82, 2.24) is 10.1 Å². The Labute approximate surface area is 108 Å². The molecular formula is C13H23N3O2. The molecule has 0 spiro atoms. The molecule has 1 heterocycles. The van der Waals surface area contributed by atoms with Crippen molar-refractivity contribution in [2.45, 2.75) is 40.2 Å². The highest BCUT2D eigenvalue weighted by Crippen LogP contribution is 2.16. The zero-order valence-electron chi connectivity index (χ0n) is 11.7. The van der Waals surface area contributed by atoms with Gasteiger partial charge in [-0.05, 0) is 26.3 Å². The summed E-state index contributed by atoms with van der Waals surface area (Å²) in [6, 6.07) is 0. The van der Waals surface area contributed by atoms with E-state index in [1.165, 1.54) is 0 Å². The lowest BCUT2D eigenvalue weighted by molar-refractivity contribution is -0.131. The van der Waals surface area contributed by atoms with Crippen molar-refractivity contribution in [2.75, 3.05) is 13.6 Å². The van der Waals surface area contributed by atoms with Crippen LogP contribution in [0, 0.1) is 19.8 Å². The minimum Gasteiger partial charge on any atom is -0.361 e. The molecule has 5 nitrogen and oxygen atoms in total. The van der Waals surface area contributed by atoms with Gasteiger partial charge in [-0.2, -0.15) is 0 Å². The molecule has 1 rings (SSSR count). The molecule has 18 heavy (non-hydrogen) atoms. The van der Waals surface area contributed by atoms with Crippen LogP contribution in [-0.4, -0.2) is 29.6 Å². The van der Waals surface area contributed by atoms with Crippen LogP contribution in [-0.2, 0) is 11.3 Å². The Bertz CT molecular complexity index is 377. The van der Waals surface area contributed by atoms with E-state index < -0.39 is 0 Å². The molecule has 0 aliphatic carbocycles. The molecule has 5 heteroatoms. The van der Waals surface area contributed by atoms with E-state index in [4.69, 9.17) is 10.3 Å². The molecule has 1 unspecified atom stereocenters. The summed E-state index contributed by atoms with van der Waals surface area (Å²) in [6.07, 6.45) is 1.44. The predicted molar refractivity (Wildman–Crippen MR) is 69.9 cm³/mol. The van der Waals surface area contributed by atoms with Gasteiger partial charge in [-0.15, -0.1) is 0 Å². The van der Waals surface area contributed by atoms with Crippen LogP contribution < -0.4 is 5.73 Å². The van der Waals surface area contributed by atoms with Crippen molar-refractivity contribution in [1.29, 1.82) is 0 Å². The van der Waals surface area contributed by atoms with Gasteiger partial charge in [0.2, 0.25) is 5.91 Å². The molecule has 102 valence electrons. The van der Waals surface area contributed by atoms with E-state index in [1.807, 2.05) is 13.8 Å². The van der Waals surface area contributed by atoms with Crippen molar-refractivity contribution in [2.24, 2.45) is 11.7 Å². The van der Waals surface area contributed by atoms with E-state index in [2.05, 4.69) is 12.1 Å². The van der Waals surface area contributed by atoms with Gasteiger partial charge in [0.15, 0.2) is 0 Å². The van der Waals surface area contributed by atoms with Crippen LogP contribution >= 0.6 is 0 Å². The molecule has 0 bridgehead atoms. The highest BCUT2D eigenvalue weighted by Gasteiger charge is 2.17. The van der Waals surface area contributed by atoms with Crippen molar-refractivity contribution >= 4 is 5.91 Å². The molecule has 0 saturated heterocycles. The summed E-state index contributed by atoms with van der Waals surface area (Å²) in [5.74, 6) is 1.16. The monoisotopic (exact) mass is 253 g/mol. The maximum Gasteiger partial charge on any atom is 0.222 e. The van der Waals surface area contributed by atoms with Crippen molar-refractivity contribution in [3.05, 3.63) is 17.0 Å². The van der Waals surface area contributed by atoms with Crippen LogP contribution in [0.4, 0.5) is 0 Å². The van der Waals surface area contributed by atoms with E-state index in [9.17, 15) is 4.79 Å². The van der Waals surface area contributed by atoms with Gasteiger partial charge in [-0.25, -0.2) is 0 Å². The Hall–Kier alpha value is -1.36. The molecule has 0 radical (unpaired) electrons. The van der Waals surface area contributed by atoms with Crippen LogP contribution in [0.3, 0.4) is 0 Å². The van der Waals surface area contributed by atoms with Crippen LogP contribution in [0.2, 0.25) is 0 Å². The number of hydrogen-bond acceptors (Lipinski definition) is 4. The Morgan fingerprint density at radius 3 is 2.61 bits per heavy atom. The van der Waals surface area contributed by atoms with Crippen molar-refractivity contribution < 1.29 is 9.32 Å². The normalized spacial score (nSPS) is 12.5. The number of nitrogens with zero attached hydrogens (tertiary/aromatic N) is 2. The quantitative estimate of drug-likeness (QED) is 0.836. The van der Waals surface area contributed by atoms with E-state index in [0.29, 0.717) is 19.5 Å². The largest absolute Gasteiger partial charge is 0.361 e. The summed E-state index contributed by atoms with van der Waals surface area (Å²) in [6.45, 7) is 6.91. The number of nitrogens with two attached hydrogens (primary N) is 1. The van der Waals surface area contributed by atoms with Crippen LogP contribution in [0.5, 0.6) is 0 Å². The SMILES string of the molecule is CCC(CN)CC(=O)N(C)Cc1c(C)noc1C. The maximum absolute atomic E-state index is 12.0. The molecule has 1 aromatic rings. The number of rotatable bonds is 6. The third kappa shape index (κ3) is 3.57. The van der Waals surface area contributed by atoms with E-state index in [-0.39, 0.29) is 11.8 Å². The lowest BCUT2D eigenvalue weighted by Crippen LogP contribution is -2.30. The third-order valence-corrected chi connectivity index (χ3v) is 3.38. The number of aryl methyl sites for hydroxylation is 2. The van der Waals surface area contributed by atoms with Crippen molar-refractivity contribution in [3.8, 4) is 0 Å². The molecule has 2 N–H and O–H groups in total. The first-order valence-electron chi connectivity index (χ1n) is 6.35. The average molecular weight is 253 g/mol. The van der Waals surface area contributed by atoms with Gasteiger partial charge in [0.05, 0.1) is 12.2 Å². The molecule has 0 fully saturated rings. The third-order valence-electron chi connectivity index (χ3n) is 3.38. The average Bonchev–Trinajstić information content (AvgIpc) is 2.67. The van der Waals surface area contributed by atoms with Gasteiger partial charge in [-0.1, -0.05) is 18.5 Å². The van der Waals surface area contributed by atoms with Gasteiger partial charge in [0.25, 0.3) is 0 Å². The number of hydrogen-bond donors (Lipinski definition) is 1. The number of carbonyl (C=O) groups excluding carboxylic acids is 1. The van der Waals surface area contributed by atoms with Gasteiger partial charge in [0, 0.05) is 19.0 Å². The van der Waals surface area contributed by atoms with E-state index in [1.54, 1.807) is 11.9 Å². The van der Waals surface area contributed by atoms with Crippen LogP contribution in [0.15, 0.2) is 4.52 Å². The second kappa shape index (κ2) is 6.54. The molecule has 0 aliphatic heterocycles. The Morgan fingerprint density at radius 1 is 1.50 bits per heavy atom. The first kappa shape index (κ1) is 14.7. The summed E-state index contributed by atoms with van der Waals surface area (Å²) in [5.41, 5.74) is 7.46. The summed E-state index contributed by atoms with van der Waals surface area (Å²) in [7, 11) is 1.80. The number of carbonyl (C=O) groups is 1. The first-order chi connectivity index (χ1) is 8.49. The van der Waals surface area contributed by atoms with Crippen molar-refractivity contribution in [3.63, 3.8) is 0 Å². The molecule has 0 aliphatic rings. The number of aromatic nitrogens is 1. The van der Waals surface area contributed by atoms with Crippen LogP contribution in [0.25, 0.3) is 0 Å². The Balaban J connectivity index is 2.60. The van der Waals surface area contributed by atoms with Gasteiger partial charge >= 0.3 is 0 Å². The summed E-state index contributed by atoms with van der Waals surface area (Å²) in [4.78, 5) is 13.8.